The molecular weight excluding hydrogens is 909 g/mol. The van der Waals surface area contributed by atoms with Gasteiger partial charge in [0, 0.05) is 51.8 Å². The minimum atomic E-state index is -2.04. The number of nitrogens with zero attached hydrogens (tertiary/aromatic N) is 4. The van der Waals surface area contributed by atoms with Crippen molar-refractivity contribution >= 4 is 29.6 Å². The summed E-state index contributed by atoms with van der Waals surface area (Å²) in [5.74, 6) is 4.39. The van der Waals surface area contributed by atoms with Crippen molar-refractivity contribution in [3.63, 3.8) is 0 Å². The molecule has 5 aromatic rings. The first-order valence-corrected chi connectivity index (χ1v) is 23.8. The second kappa shape index (κ2) is 20.6. The third kappa shape index (κ3) is 8.74. The molecule has 5 aliphatic heterocycles. The Morgan fingerprint density at radius 1 is 0.761 bits per heavy atom. The Kier molecular flexibility index (Phi) is 13.8. The first-order chi connectivity index (χ1) is 34.8. The molecule has 3 saturated heterocycles. The van der Waals surface area contributed by atoms with Gasteiger partial charge in [0.25, 0.3) is 0 Å². The van der Waals surface area contributed by atoms with E-state index in [1.54, 1.807) is 41.3 Å². The molecule has 10 rings (SSSR count). The quantitative estimate of drug-likeness (QED) is 0.0882. The second-order valence-corrected chi connectivity index (χ2v) is 18.0. The van der Waals surface area contributed by atoms with Crippen molar-refractivity contribution < 1.29 is 57.8 Å². The van der Waals surface area contributed by atoms with Crippen LogP contribution in [-0.4, -0.2) is 128 Å². The van der Waals surface area contributed by atoms with Crippen LogP contribution in [0, 0.1) is 17.8 Å². The summed E-state index contributed by atoms with van der Waals surface area (Å²) < 4.78 is 34.8. The van der Waals surface area contributed by atoms with E-state index in [4.69, 9.17) is 28.4 Å². The molecule has 1 spiro atoms. The lowest BCUT2D eigenvalue weighted by Gasteiger charge is -2.46. The van der Waals surface area contributed by atoms with E-state index in [-0.39, 0.29) is 65.0 Å². The average Bonchev–Trinajstić information content (AvgIpc) is 4.08. The van der Waals surface area contributed by atoms with Gasteiger partial charge in [0.1, 0.15) is 36.5 Å². The number of carbonyl (C=O) groups excluding carboxylic acids is 4. The van der Waals surface area contributed by atoms with Gasteiger partial charge in [-0.25, -0.2) is 9.69 Å². The Balaban J connectivity index is 1.18. The molecule has 0 aromatic heterocycles. The Bertz CT molecular complexity index is 2850. The lowest BCUT2D eigenvalue weighted by atomic mass is 9.64. The normalized spacial score (nSPS) is 23.5. The maximum absolute atomic E-state index is 16.5. The van der Waals surface area contributed by atoms with Crippen molar-refractivity contribution in [2.24, 2.45) is 5.92 Å². The molecule has 71 heavy (non-hydrogen) atoms. The van der Waals surface area contributed by atoms with Crippen molar-refractivity contribution in [3.8, 4) is 29.1 Å². The molecule has 0 radical (unpaired) electrons. The van der Waals surface area contributed by atoms with Crippen LogP contribution in [0.1, 0.15) is 58.0 Å². The van der Waals surface area contributed by atoms with Gasteiger partial charge in [-0.1, -0.05) is 90.7 Å². The zero-order valence-electron chi connectivity index (χ0n) is 39.2. The number of piperazine rings is 1. The number of aliphatic hydroxyl groups excluding tert-OH is 2. The van der Waals surface area contributed by atoms with Gasteiger partial charge in [0.2, 0.25) is 18.6 Å². The summed E-state index contributed by atoms with van der Waals surface area (Å²) in [4.78, 5) is 69.9. The summed E-state index contributed by atoms with van der Waals surface area (Å²) in [6.07, 6.45) is -1.74. The number of methoxy groups -OCH3 is 1. The summed E-state index contributed by atoms with van der Waals surface area (Å²) >= 11 is 0. The highest BCUT2D eigenvalue weighted by Crippen LogP contribution is 2.66. The molecular formula is C55H54N4O12. The van der Waals surface area contributed by atoms with Gasteiger partial charge >= 0.3 is 12.1 Å². The third-order valence-electron chi connectivity index (χ3n) is 14.0. The smallest absolute Gasteiger partial charge is 0.421 e. The van der Waals surface area contributed by atoms with Crippen LogP contribution >= 0.6 is 0 Å². The number of aliphatic hydroxyl groups is 2. The second-order valence-electron chi connectivity index (χ2n) is 18.0. The fourth-order valence-corrected chi connectivity index (χ4v) is 11.0. The van der Waals surface area contributed by atoms with Crippen LogP contribution in [0.2, 0.25) is 0 Å². The number of benzene rings is 5. The Hall–Kier alpha value is -7.26. The molecule has 0 saturated carbocycles. The predicted octanol–water partition coefficient (Wildman–Crippen LogP) is 5.31. The van der Waals surface area contributed by atoms with E-state index in [1.807, 2.05) is 89.8 Å². The number of fused-ring (bicyclic) bond motifs is 4. The van der Waals surface area contributed by atoms with Crippen LogP contribution in [0.25, 0.3) is 0 Å². The monoisotopic (exact) mass is 962 g/mol. The molecule has 5 aromatic carbocycles. The molecule has 5 aliphatic rings. The molecule has 0 bridgehead atoms. The van der Waals surface area contributed by atoms with E-state index in [9.17, 15) is 15.0 Å². The minimum absolute atomic E-state index is 0.0267. The van der Waals surface area contributed by atoms with Gasteiger partial charge in [-0.2, -0.15) is 0 Å². The summed E-state index contributed by atoms with van der Waals surface area (Å²) in [6.45, 7) is 1.63. The number of imide groups is 1. The molecule has 16 heteroatoms. The van der Waals surface area contributed by atoms with Gasteiger partial charge in [0.05, 0.1) is 43.5 Å². The lowest BCUT2D eigenvalue weighted by molar-refractivity contribution is -0.179. The van der Waals surface area contributed by atoms with Gasteiger partial charge in [0.15, 0.2) is 11.5 Å². The van der Waals surface area contributed by atoms with E-state index < -0.39 is 59.4 Å². The van der Waals surface area contributed by atoms with Crippen LogP contribution in [-0.2, 0) is 40.6 Å². The molecule has 3 amide bonds. The van der Waals surface area contributed by atoms with Crippen molar-refractivity contribution in [1.29, 1.82) is 0 Å². The van der Waals surface area contributed by atoms with Crippen LogP contribution in [0.4, 0.5) is 10.5 Å². The SMILES string of the molecule is COCCOC(=O)N1C(=O)[C@@]2(c3cc(C#CCCO)ccc31)[C@H](C(=O)N1CCN(Cc3ccc4c(c3)OCO4)CC1)[C@H]1C(=O)O[C@H](c3ccccc3)[C@H](c3ccccc3)N1[C@@H]2c1cccc(OCCO)c1. The number of hydrogen-bond acceptors (Lipinski definition) is 14. The fourth-order valence-electron chi connectivity index (χ4n) is 11.0. The summed E-state index contributed by atoms with van der Waals surface area (Å²) in [6, 6.07) is 33.5. The molecule has 366 valence electrons. The number of carbonyl (C=O) groups is 4. The van der Waals surface area contributed by atoms with Crippen LogP contribution in [0.15, 0.2) is 121 Å². The highest BCUT2D eigenvalue weighted by molar-refractivity contribution is 6.23. The van der Waals surface area contributed by atoms with Gasteiger partial charge < -0.3 is 43.5 Å². The topological polar surface area (TPSA) is 177 Å². The Labute approximate surface area is 411 Å². The highest BCUT2D eigenvalue weighted by atomic mass is 16.7. The van der Waals surface area contributed by atoms with Crippen molar-refractivity contribution in [2.45, 2.75) is 42.6 Å². The molecule has 0 aliphatic carbocycles. The molecule has 16 nitrogen and oxygen atoms in total. The Morgan fingerprint density at radius 2 is 1.51 bits per heavy atom. The third-order valence-corrected chi connectivity index (χ3v) is 14.0. The maximum Gasteiger partial charge on any atom is 0.421 e. The minimum Gasteiger partial charge on any atom is -0.491 e. The number of esters is 1. The maximum atomic E-state index is 16.5. The summed E-state index contributed by atoms with van der Waals surface area (Å²) in [7, 11) is 1.47. The number of amides is 3. The van der Waals surface area contributed by atoms with Gasteiger partial charge in [-0.3, -0.25) is 24.2 Å². The van der Waals surface area contributed by atoms with E-state index in [0.717, 1.165) is 16.0 Å². The number of morpholine rings is 1. The first kappa shape index (κ1) is 47.4. The van der Waals surface area contributed by atoms with Crippen LogP contribution in [0.5, 0.6) is 17.2 Å². The number of cyclic esters (lactones) is 1. The average molecular weight is 963 g/mol. The van der Waals surface area contributed by atoms with E-state index >= 15 is 14.4 Å². The molecule has 5 heterocycles. The molecule has 0 unspecified atom stereocenters. The van der Waals surface area contributed by atoms with E-state index in [0.29, 0.717) is 59.1 Å². The summed E-state index contributed by atoms with van der Waals surface area (Å²) in [5.41, 5.74) is 1.83. The van der Waals surface area contributed by atoms with E-state index in [1.165, 1.54) is 7.11 Å². The van der Waals surface area contributed by atoms with Crippen molar-refractivity contribution in [3.05, 3.63) is 155 Å². The van der Waals surface area contributed by atoms with Crippen molar-refractivity contribution in [2.75, 3.05) is 78.0 Å². The summed E-state index contributed by atoms with van der Waals surface area (Å²) in [5, 5.41) is 19.5. The molecule has 3 fully saturated rings. The molecule has 6 atom stereocenters. The van der Waals surface area contributed by atoms with Crippen LogP contribution in [0.3, 0.4) is 0 Å². The van der Waals surface area contributed by atoms with Gasteiger partial charge in [-0.15, -0.1) is 0 Å². The first-order valence-electron chi connectivity index (χ1n) is 23.8. The number of rotatable bonds is 13. The Morgan fingerprint density at radius 3 is 2.25 bits per heavy atom. The largest absolute Gasteiger partial charge is 0.491 e. The van der Waals surface area contributed by atoms with E-state index in [2.05, 4.69) is 16.7 Å². The number of anilines is 1. The molecule has 2 N–H and O–H groups in total. The number of ether oxygens (including phenoxy) is 6. The lowest BCUT2D eigenvalue weighted by Crippen LogP contribution is -2.59. The number of hydrogen-bond donors (Lipinski definition) is 2. The standard InChI is InChI=1S/C55H54N4O12/c1-66-29-30-68-54(65)58-43-20-18-36(11-8-9-26-60)31-42(43)55(53(58)64)46(51(62)57-24-22-56(23-25-57)34-37-19-21-44-45(32-37)70-35-69-44)48-52(63)71-49(39-14-6-3-7-15-39)47(38-12-4-2-5-13-38)59(48)50(55)40-16-10-17-41(33-40)67-28-27-61/h2-7,10,12-21,31-33,46-50,60-61H,9,22-30,34-35H2,1H3/t46-,47-,48-,49+,50+,55-/m0/s1. The van der Waals surface area contributed by atoms with Gasteiger partial charge in [-0.05, 0) is 70.3 Å². The van der Waals surface area contributed by atoms with Crippen molar-refractivity contribution in [1.82, 2.24) is 14.7 Å². The predicted molar refractivity (Wildman–Crippen MR) is 257 cm³/mol. The fraction of sp³-hybridized carbons (Fsp3) is 0.345. The zero-order valence-corrected chi connectivity index (χ0v) is 39.2. The highest BCUT2D eigenvalue weighted by Gasteiger charge is 2.76. The zero-order chi connectivity index (χ0) is 49.1. The van der Waals surface area contributed by atoms with Crippen LogP contribution < -0.4 is 19.1 Å².